The van der Waals surface area contributed by atoms with E-state index in [4.69, 9.17) is 0 Å². The normalized spacial score (nSPS) is 10.2. The maximum atomic E-state index is 12.6. The summed E-state index contributed by atoms with van der Waals surface area (Å²) in [5.41, 5.74) is 3.24. The van der Waals surface area contributed by atoms with Crippen LogP contribution in [-0.4, -0.2) is 29.9 Å². The van der Waals surface area contributed by atoms with Crippen LogP contribution in [0, 0.1) is 6.92 Å². The Morgan fingerprint density at radius 2 is 1.76 bits per heavy atom. The maximum Gasteiger partial charge on any atom is 0.322 e. The first-order chi connectivity index (χ1) is 12.0. The van der Waals surface area contributed by atoms with E-state index in [-0.39, 0.29) is 11.9 Å². The molecular weight excluding hydrogens is 314 g/mol. The van der Waals surface area contributed by atoms with Gasteiger partial charge in [0.15, 0.2) is 0 Å². The van der Waals surface area contributed by atoms with E-state index in [0.717, 1.165) is 11.1 Å². The van der Waals surface area contributed by atoms with Gasteiger partial charge in [0.05, 0.1) is 0 Å². The van der Waals surface area contributed by atoms with Gasteiger partial charge in [0, 0.05) is 30.9 Å². The van der Waals surface area contributed by atoms with Crippen molar-refractivity contribution in [1.82, 2.24) is 10.2 Å². The molecule has 0 bridgehead atoms. The molecule has 0 aromatic heterocycles. The largest absolute Gasteiger partial charge is 0.352 e. The van der Waals surface area contributed by atoms with Gasteiger partial charge in [-0.15, -0.1) is 0 Å². The minimum Gasteiger partial charge on any atom is -0.352 e. The third-order valence-corrected chi connectivity index (χ3v) is 3.95. The highest BCUT2D eigenvalue weighted by molar-refractivity contribution is 5.96. The van der Waals surface area contributed by atoms with Gasteiger partial charge in [-0.1, -0.05) is 30.3 Å². The standard InChI is InChI=1S/C20H25N3O2/c1-4-21-19(24)17-11-12-18(15(3)13-17)22-20(25)23(5-2)14-16-9-7-6-8-10-16/h6-13H,4-5,14H2,1-3H3,(H,21,24)(H,22,25). The van der Waals surface area contributed by atoms with E-state index in [1.165, 1.54) is 0 Å². The van der Waals surface area contributed by atoms with E-state index in [1.54, 1.807) is 23.1 Å². The van der Waals surface area contributed by atoms with Crippen LogP contribution in [0.3, 0.4) is 0 Å². The van der Waals surface area contributed by atoms with Gasteiger partial charge in [-0.25, -0.2) is 4.79 Å². The van der Waals surface area contributed by atoms with Crippen molar-refractivity contribution in [3.05, 3.63) is 65.2 Å². The molecule has 0 fully saturated rings. The Kier molecular flexibility index (Phi) is 6.57. The number of rotatable bonds is 6. The van der Waals surface area contributed by atoms with Gasteiger partial charge in [-0.05, 0) is 50.1 Å². The molecule has 5 heteroatoms. The predicted octanol–water partition coefficient (Wildman–Crippen LogP) is 3.80. The molecule has 0 radical (unpaired) electrons. The number of hydrogen-bond acceptors (Lipinski definition) is 2. The van der Waals surface area contributed by atoms with Crippen molar-refractivity contribution >= 4 is 17.6 Å². The number of carbonyl (C=O) groups is 2. The molecule has 0 saturated carbocycles. The molecule has 0 atom stereocenters. The van der Waals surface area contributed by atoms with E-state index in [2.05, 4.69) is 10.6 Å². The topological polar surface area (TPSA) is 61.4 Å². The average molecular weight is 339 g/mol. The van der Waals surface area contributed by atoms with Crippen LogP contribution in [0.4, 0.5) is 10.5 Å². The third kappa shape index (κ3) is 5.08. The van der Waals surface area contributed by atoms with Gasteiger partial charge < -0.3 is 15.5 Å². The molecule has 0 unspecified atom stereocenters. The van der Waals surface area contributed by atoms with Crippen LogP contribution in [0.1, 0.15) is 35.3 Å². The molecule has 2 rings (SSSR count). The minimum atomic E-state index is -0.153. The van der Waals surface area contributed by atoms with Crippen LogP contribution in [0.2, 0.25) is 0 Å². The summed E-state index contributed by atoms with van der Waals surface area (Å²) in [6, 6.07) is 15.0. The second-order valence-corrected chi connectivity index (χ2v) is 5.82. The number of amides is 3. The fourth-order valence-electron chi connectivity index (χ4n) is 2.53. The molecule has 2 aromatic carbocycles. The van der Waals surface area contributed by atoms with Gasteiger partial charge in [0.25, 0.3) is 5.91 Å². The molecule has 2 N–H and O–H groups in total. The molecule has 0 aliphatic heterocycles. The second kappa shape index (κ2) is 8.87. The lowest BCUT2D eigenvalue weighted by molar-refractivity contribution is 0.0955. The quantitative estimate of drug-likeness (QED) is 0.841. The molecule has 0 aliphatic carbocycles. The van der Waals surface area contributed by atoms with E-state index >= 15 is 0 Å². The molecule has 0 heterocycles. The molecule has 2 aromatic rings. The lowest BCUT2D eigenvalue weighted by Gasteiger charge is -2.22. The number of benzene rings is 2. The number of anilines is 1. The van der Waals surface area contributed by atoms with Crippen LogP contribution in [0.5, 0.6) is 0 Å². The summed E-state index contributed by atoms with van der Waals surface area (Å²) in [4.78, 5) is 26.2. The summed E-state index contributed by atoms with van der Waals surface area (Å²) in [6.45, 7) is 7.46. The van der Waals surface area contributed by atoms with Crippen molar-refractivity contribution < 1.29 is 9.59 Å². The van der Waals surface area contributed by atoms with Gasteiger partial charge in [0.2, 0.25) is 0 Å². The maximum absolute atomic E-state index is 12.6. The Morgan fingerprint density at radius 1 is 1.04 bits per heavy atom. The number of carbonyl (C=O) groups excluding carboxylic acids is 2. The Hall–Kier alpha value is -2.82. The summed E-state index contributed by atoms with van der Waals surface area (Å²) in [6.07, 6.45) is 0. The predicted molar refractivity (Wildman–Crippen MR) is 101 cm³/mol. The Morgan fingerprint density at radius 3 is 2.36 bits per heavy atom. The Balaban J connectivity index is 2.07. The van der Waals surface area contributed by atoms with E-state index < -0.39 is 0 Å². The van der Waals surface area contributed by atoms with Crippen LogP contribution >= 0.6 is 0 Å². The molecule has 132 valence electrons. The summed E-state index contributed by atoms with van der Waals surface area (Å²) in [7, 11) is 0. The van der Waals surface area contributed by atoms with Crippen molar-refractivity contribution in [1.29, 1.82) is 0 Å². The Labute approximate surface area is 149 Å². The van der Waals surface area contributed by atoms with E-state index in [9.17, 15) is 9.59 Å². The van der Waals surface area contributed by atoms with E-state index in [0.29, 0.717) is 30.9 Å². The fourth-order valence-corrected chi connectivity index (χ4v) is 2.53. The molecule has 0 saturated heterocycles. The van der Waals surface area contributed by atoms with Crippen LogP contribution < -0.4 is 10.6 Å². The fraction of sp³-hybridized carbons (Fsp3) is 0.300. The first-order valence-electron chi connectivity index (χ1n) is 8.53. The third-order valence-electron chi connectivity index (χ3n) is 3.95. The van der Waals surface area contributed by atoms with Gasteiger partial charge in [-0.2, -0.15) is 0 Å². The zero-order chi connectivity index (χ0) is 18.2. The SMILES string of the molecule is CCNC(=O)c1ccc(NC(=O)N(CC)Cc2ccccc2)c(C)c1. The number of urea groups is 1. The number of nitrogens with zero attached hydrogens (tertiary/aromatic N) is 1. The second-order valence-electron chi connectivity index (χ2n) is 5.82. The van der Waals surface area contributed by atoms with Crippen molar-refractivity contribution in [3.63, 3.8) is 0 Å². The number of hydrogen-bond donors (Lipinski definition) is 2. The summed E-state index contributed by atoms with van der Waals surface area (Å²) >= 11 is 0. The van der Waals surface area contributed by atoms with Crippen molar-refractivity contribution in [2.45, 2.75) is 27.3 Å². The van der Waals surface area contributed by atoms with Gasteiger partial charge >= 0.3 is 6.03 Å². The monoisotopic (exact) mass is 339 g/mol. The van der Waals surface area contributed by atoms with Crippen LogP contribution in [0.25, 0.3) is 0 Å². The minimum absolute atomic E-state index is 0.109. The highest BCUT2D eigenvalue weighted by atomic mass is 16.2. The van der Waals surface area contributed by atoms with Crippen molar-refractivity contribution in [2.24, 2.45) is 0 Å². The van der Waals surface area contributed by atoms with Crippen molar-refractivity contribution in [3.8, 4) is 0 Å². The van der Waals surface area contributed by atoms with Gasteiger partial charge in [-0.3, -0.25) is 4.79 Å². The van der Waals surface area contributed by atoms with E-state index in [1.807, 2.05) is 51.1 Å². The molecule has 0 spiro atoms. The number of aryl methyl sites for hydroxylation is 1. The first kappa shape index (κ1) is 18.5. The van der Waals surface area contributed by atoms with Crippen LogP contribution in [-0.2, 0) is 6.54 Å². The average Bonchev–Trinajstić information content (AvgIpc) is 2.62. The molecule has 25 heavy (non-hydrogen) atoms. The smallest absolute Gasteiger partial charge is 0.322 e. The lowest BCUT2D eigenvalue weighted by Crippen LogP contribution is -2.34. The zero-order valence-electron chi connectivity index (χ0n) is 15.0. The first-order valence-corrected chi connectivity index (χ1v) is 8.53. The highest BCUT2D eigenvalue weighted by Gasteiger charge is 2.14. The summed E-state index contributed by atoms with van der Waals surface area (Å²) < 4.78 is 0. The molecule has 5 nitrogen and oxygen atoms in total. The molecule has 0 aliphatic rings. The van der Waals surface area contributed by atoms with Crippen molar-refractivity contribution in [2.75, 3.05) is 18.4 Å². The zero-order valence-corrected chi connectivity index (χ0v) is 15.0. The number of nitrogens with one attached hydrogen (secondary N) is 2. The molecule has 3 amide bonds. The van der Waals surface area contributed by atoms with Crippen LogP contribution in [0.15, 0.2) is 48.5 Å². The summed E-state index contributed by atoms with van der Waals surface area (Å²) in [5.74, 6) is -0.109. The molecular formula is C20H25N3O2. The van der Waals surface area contributed by atoms with Gasteiger partial charge in [0.1, 0.15) is 0 Å². The lowest BCUT2D eigenvalue weighted by atomic mass is 10.1. The highest BCUT2D eigenvalue weighted by Crippen LogP contribution is 2.18. The Bertz CT molecular complexity index is 729. The summed E-state index contributed by atoms with van der Waals surface area (Å²) in [5, 5.41) is 5.70.